The number of hydrogen-bond acceptors (Lipinski definition) is 5. The number of hydrogen-bond donors (Lipinski definition) is 1. The summed E-state index contributed by atoms with van der Waals surface area (Å²) in [5.74, 6) is 0.146. The molecule has 28 heavy (non-hydrogen) atoms. The quantitative estimate of drug-likeness (QED) is 0.591. The van der Waals surface area contributed by atoms with Gasteiger partial charge < -0.3 is 10.1 Å². The van der Waals surface area contributed by atoms with E-state index in [9.17, 15) is 13.2 Å². The molecule has 0 aliphatic rings. The van der Waals surface area contributed by atoms with Gasteiger partial charge in [-0.05, 0) is 55.5 Å². The van der Waals surface area contributed by atoms with Crippen molar-refractivity contribution in [2.24, 2.45) is 0 Å². The van der Waals surface area contributed by atoms with Crippen molar-refractivity contribution in [1.82, 2.24) is 4.98 Å². The highest BCUT2D eigenvalue weighted by molar-refractivity contribution is 9.10. The van der Waals surface area contributed by atoms with E-state index < -0.39 is 15.7 Å². The van der Waals surface area contributed by atoms with Gasteiger partial charge in [-0.3, -0.25) is 4.79 Å². The van der Waals surface area contributed by atoms with Crippen molar-refractivity contribution >= 4 is 37.4 Å². The molecule has 0 radical (unpaired) electrons. The number of halogens is 1. The number of benzene rings is 2. The molecule has 0 fully saturated rings. The lowest BCUT2D eigenvalue weighted by atomic mass is 10.2. The second-order valence-corrected chi connectivity index (χ2v) is 8.54. The van der Waals surface area contributed by atoms with Gasteiger partial charge in [-0.15, -0.1) is 0 Å². The first-order chi connectivity index (χ1) is 13.4. The van der Waals surface area contributed by atoms with Crippen LogP contribution in [0.25, 0.3) is 0 Å². The molecular formula is C20H17BrN2O4S. The van der Waals surface area contributed by atoms with E-state index in [0.29, 0.717) is 18.0 Å². The molecule has 1 heterocycles. The average molecular weight is 461 g/mol. The van der Waals surface area contributed by atoms with Gasteiger partial charge in [-0.2, -0.15) is 0 Å². The first-order valence-electron chi connectivity index (χ1n) is 8.41. The van der Waals surface area contributed by atoms with Crippen molar-refractivity contribution in [3.05, 3.63) is 76.9 Å². The number of pyridine rings is 1. The molecule has 3 rings (SSSR count). The summed E-state index contributed by atoms with van der Waals surface area (Å²) < 4.78 is 31.5. The molecule has 6 nitrogen and oxygen atoms in total. The van der Waals surface area contributed by atoms with Crippen LogP contribution in [0, 0.1) is 0 Å². The third kappa shape index (κ3) is 4.40. The largest absolute Gasteiger partial charge is 0.492 e. The van der Waals surface area contributed by atoms with Crippen LogP contribution in [0.4, 0.5) is 5.69 Å². The van der Waals surface area contributed by atoms with Crippen LogP contribution in [-0.4, -0.2) is 25.9 Å². The highest BCUT2D eigenvalue weighted by atomic mass is 79.9. The molecule has 1 aromatic heterocycles. The zero-order valence-electron chi connectivity index (χ0n) is 14.9. The summed E-state index contributed by atoms with van der Waals surface area (Å²) in [4.78, 5) is 16.6. The highest BCUT2D eigenvalue weighted by Crippen LogP contribution is 2.25. The van der Waals surface area contributed by atoms with Crippen molar-refractivity contribution in [2.45, 2.75) is 16.8 Å². The van der Waals surface area contributed by atoms with Crippen LogP contribution in [0.5, 0.6) is 5.75 Å². The normalized spacial score (nSPS) is 11.1. The summed E-state index contributed by atoms with van der Waals surface area (Å²) in [6.45, 7) is 2.32. The molecule has 0 saturated carbocycles. The van der Waals surface area contributed by atoms with Crippen molar-refractivity contribution < 1.29 is 17.9 Å². The zero-order valence-corrected chi connectivity index (χ0v) is 17.3. The number of carbonyl (C=O) groups excluding carboxylic acids is 1. The van der Waals surface area contributed by atoms with Crippen LogP contribution >= 0.6 is 15.9 Å². The van der Waals surface area contributed by atoms with Gasteiger partial charge in [-0.1, -0.05) is 28.1 Å². The lowest BCUT2D eigenvalue weighted by Crippen LogP contribution is -2.14. The number of para-hydroxylation sites is 2. The molecule has 0 aliphatic heterocycles. The van der Waals surface area contributed by atoms with Gasteiger partial charge in [0.25, 0.3) is 5.91 Å². The monoisotopic (exact) mass is 460 g/mol. The number of ether oxygens (including phenoxy) is 1. The zero-order chi connectivity index (χ0) is 20.1. The highest BCUT2D eigenvalue weighted by Gasteiger charge is 2.20. The lowest BCUT2D eigenvalue weighted by molar-refractivity contribution is 0.102. The Morgan fingerprint density at radius 1 is 1.07 bits per heavy atom. The Balaban J connectivity index is 1.81. The van der Waals surface area contributed by atoms with E-state index >= 15 is 0 Å². The van der Waals surface area contributed by atoms with Crippen LogP contribution in [0.15, 0.2) is 81.3 Å². The van der Waals surface area contributed by atoms with Crippen LogP contribution in [0.1, 0.15) is 17.3 Å². The Hall–Kier alpha value is -2.71. The fourth-order valence-corrected chi connectivity index (χ4v) is 3.89. The molecule has 3 aromatic rings. The fraction of sp³-hybridized carbons (Fsp3) is 0.100. The van der Waals surface area contributed by atoms with Crippen molar-refractivity contribution in [1.29, 1.82) is 0 Å². The van der Waals surface area contributed by atoms with Gasteiger partial charge in [0.05, 0.1) is 22.8 Å². The SMILES string of the molecule is CCOc1ccccc1NC(=O)c1ccc(S(=O)(=O)c2ccc(Br)cc2)nc1. The number of aromatic nitrogens is 1. The minimum absolute atomic E-state index is 0.124. The predicted octanol–water partition coefficient (Wildman–Crippen LogP) is 4.33. The number of carbonyl (C=O) groups is 1. The number of nitrogens with zero attached hydrogens (tertiary/aromatic N) is 1. The van der Waals surface area contributed by atoms with Gasteiger partial charge in [0.1, 0.15) is 5.75 Å². The summed E-state index contributed by atoms with van der Waals surface area (Å²) in [5, 5.41) is 2.63. The minimum Gasteiger partial charge on any atom is -0.492 e. The van der Waals surface area contributed by atoms with Crippen LogP contribution in [0.2, 0.25) is 0 Å². The maximum absolute atomic E-state index is 12.6. The second-order valence-electron chi connectivity index (χ2n) is 5.73. The van der Waals surface area contributed by atoms with E-state index in [2.05, 4.69) is 26.2 Å². The Morgan fingerprint density at radius 2 is 1.79 bits per heavy atom. The van der Waals surface area contributed by atoms with E-state index in [0.717, 1.165) is 4.47 Å². The van der Waals surface area contributed by atoms with Gasteiger partial charge in [0.2, 0.25) is 9.84 Å². The number of amides is 1. The van der Waals surface area contributed by atoms with Gasteiger partial charge >= 0.3 is 0 Å². The molecule has 2 aromatic carbocycles. The molecule has 0 unspecified atom stereocenters. The smallest absolute Gasteiger partial charge is 0.257 e. The van der Waals surface area contributed by atoms with Crippen molar-refractivity contribution in [3.63, 3.8) is 0 Å². The fourth-order valence-electron chi connectivity index (χ4n) is 2.45. The predicted molar refractivity (Wildman–Crippen MR) is 109 cm³/mol. The Bertz CT molecular complexity index is 1080. The van der Waals surface area contributed by atoms with E-state index in [1.54, 1.807) is 30.3 Å². The summed E-state index contributed by atoms with van der Waals surface area (Å²) in [6.07, 6.45) is 1.24. The third-order valence-corrected chi connectivity index (χ3v) is 6.05. The Kier molecular flexibility index (Phi) is 6.11. The van der Waals surface area contributed by atoms with Crippen LogP contribution in [-0.2, 0) is 9.84 Å². The van der Waals surface area contributed by atoms with Crippen molar-refractivity contribution in [3.8, 4) is 5.75 Å². The summed E-state index contributed by atoms with van der Waals surface area (Å²) >= 11 is 3.27. The molecular weight excluding hydrogens is 444 g/mol. The molecule has 8 heteroatoms. The molecule has 0 aliphatic carbocycles. The first kappa shape index (κ1) is 20.0. The van der Waals surface area contributed by atoms with E-state index in [4.69, 9.17) is 4.74 Å². The minimum atomic E-state index is -3.75. The van der Waals surface area contributed by atoms with Gasteiger partial charge in [0, 0.05) is 10.7 Å². The molecule has 0 saturated heterocycles. The molecule has 144 valence electrons. The standard InChI is InChI=1S/C20H17BrN2O4S/c1-2-27-18-6-4-3-5-17(18)23-20(24)14-7-12-19(22-13-14)28(25,26)16-10-8-15(21)9-11-16/h3-13H,2H2,1H3,(H,23,24). The molecule has 0 spiro atoms. The van der Waals surface area contributed by atoms with Gasteiger partial charge in [-0.25, -0.2) is 13.4 Å². The summed E-state index contributed by atoms with van der Waals surface area (Å²) in [5.41, 5.74) is 0.766. The Morgan fingerprint density at radius 3 is 2.43 bits per heavy atom. The molecule has 0 atom stereocenters. The molecule has 0 bridgehead atoms. The first-order valence-corrected chi connectivity index (χ1v) is 10.7. The number of nitrogens with one attached hydrogen (secondary N) is 1. The van der Waals surface area contributed by atoms with Crippen molar-refractivity contribution in [2.75, 3.05) is 11.9 Å². The molecule has 1 amide bonds. The van der Waals surface area contributed by atoms with Crippen LogP contribution < -0.4 is 10.1 Å². The molecule has 1 N–H and O–H groups in total. The van der Waals surface area contributed by atoms with E-state index in [1.807, 2.05) is 13.0 Å². The number of anilines is 1. The summed E-state index contributed by atoms with van der Waals surface area (Å²) in [7, 11) is -3.75. The summed E-state index contributed by atoms with van der Waals surface area (Å²) in [6, 6.07) is 16.1. The maximum atomic E-state index is 12.6. The van der Waals surface area contributed by atoms with E-state index in [1.165, 1.54) is 30.5 Å². The van der Waals surface area contributed by atoms with Gasteiger partial charge in [0.15, 0.2) is 5.03 Å². The number of rotatable bonds is 6. The van der Waals surface area contributed by atoms with Crippen LogP contribution in [0.3, 0.4) is 0 Å². The maximum Gasteiger partial charge on any atom is 0.257 e. The van der Waals surface area contributed by atoms with E-state index in [-0.39, 0.29) is 15.5 Å². The topological polar surface area (TPSA) is 85.4 Å². The third-order valence-electron chi connectivity index (χ3n) is 3.83. The average Bonchev–Trinajstić information content (AvgIpc) is 2.70. The number of sulfone groups is 1. The lowest BCUT2D eigenvalue weighted by Gasteiger charge is -2.11. The Labute approximate surface area is 171 Å². The second kappa shape index (κ2) is 8.53.